The van der Waals surface area contributed by atoms with E-state index >= 15 is 0 Å². The number of hydrogen-bond acceptors (Lipinski definition) is 3. The van der Waals surface area contributed by atoms with Gasteiger partial charge >= 0.3 is 6.18 Å². The number of aromatic amines is 1. The fourth-order valence-electron chi connectivity index (χ4n) is 2.89. The molecule has 29 heavy (non-hydrogen) atoms. The second kappa shape index (κ2) is 7.75. The fraction of sp³-hybridized carbons (Fsp3) is 0.211. The summed E-state index contributed by atoms with van der Waals surface area (Å²) in [5.74, 6) is -0.727. The third kappa shape index (κ3) is 4.34. The highest BCUT2D eigenvalue weighted by Crippen LogP contribution is 2.29. The Balaban J connectivity index is 1.90. The molecular weight excluding hydrogens is 409 g/mol. The molecule has 2 heterocycles. The summed E-state index contributed by atoms with van der Waals surface area (Å²) in [4.78, 5) is 26.5. The number of pyridine rings is 1. The maximum Gasteiger partial charge on any atom is 0.417 e. The van der Waals surface area contributed by atoms with Crippen molar-refractivity contribution in [3.05, 3.63) is 80.0 Å². The summed E-state index contributed by atoms with van der Waals surface area (Å²) in [7, 11) is 0. The van der Waals surface area contributed by atoms with Crippen LogP contribution in [0.3, 0.4) is 0 Å². The van der Waals surface area contributed by atoms with Crippen LogP contribution in [-0.2, 0) is 12.7 Å². The number of aromatic nitrogens is 3. The Kier molecular flexibility index (Phi) is 5.52. The van der Waals surface area contributed by atoms with Crippen LogP contribution in [0.25, 0.3) is 0 Å². The van der Waals surface area contributed by atoms with Crippen molar-refractivity contribution < 1.29 is 18.0 Å². The van der Waals surface area contributed by atoms with E-state index in [0.717, 1.165) is 5.56 Å². The number of hydrogen-bond donors (Lipinski definition) is 2. The monoisotopic (exact) mass is 424 g/mol. The number of H-pyrrole nitrogens is 1. The lowest BCUT2D eigenvalue weighted by Crippen LogP contribution is -2.22. The van der Waals surface area contributed by atoms with Crippen molar-refractivity contribution in [2.45, 2.75) is 26.6 Å². The van der Waals surface area contributed by atoms with Gasteiger partial charge in [-0.25, -0.2) is 0 Å². The standard InChI is InChI=1S/C19H16ClF3N4O2/c1-10-16(11(2)27(26-10)9-12-5-3-4-6-14(12)20)18(29)25-15-7-13(19(21,22)23)8-24-17(15)28/h3-8H,9H2,1-2H3,(H,24,28)(H,25,29). The van der Waals surface area contributed by atoms with Crippen molar-refractivity contribution in [3.63, 3.8) is 0 Å². The Morgan fingerprint density at radius 2 is 1.97 bits per heavy atom. The van der Waals surface area contributed by atoms with E-state index in [2.05, 4.69) is 10.4 Å². The first kappa shape index (κ1) is 20.7. The molecule has 0 aliphatic carbocycles. The minimum Gasteiger partial charge on any atom is -0.327 e. The molecule has 0 saturated carbocycles. The van der Waals surface area contributed by atoms with E-state index in [1.165, 1.54) is 0 Å². The van der Waals surface area contributed by atoms with Gasteiger partial charge in [-0.3, -0.25) is 14.3 Å². The maximum atomic E-state index is 12.9. The number of anilines is 1. The number of amides is 1. The van der Waals surface area contributed by atoms with E-state index < -0.39 is 28.9 Å². The summed E-state index contributed by atoms with van der Waals surface area (Å²) in [6.45, 7) is 3.56. The number of benzene rings is 1. The lowest BCUT2D eigenvalue weighted by atomic mass is 10.1. The molecule has 0 atom stereocenters. The number of alkyl halides is 3. The molecule has 2 N–H and O–H groups in total. The maximum absolute atomic E-state index is 12.9. The zero-order valence-corrected chi connectivity index (χ0v) is 16.1. The minimum absolute atomic E-state index is 0.175. The van der Waals surface area contributed by atoms with Gasteiger partial charge in [0.2, 0.25) is 0 Å². The van der Waals surface area contributed by atoms with E-state index in [1.54, 1.807) is 30.7 Å². The SMILES string of the molecule is Cc1nn(Cc2ccccc2Cl)c(C)c1C(=O)Nc1cc(C(F)(F)F)c[nH]c1=O. The molecule has 152 valence electrons. The second-order valence-corrected chi connectivity index (χ2v) is 6.79. The van der Waals surface area contributed by atoms with Crippen LogP contribution in [0.15, 0.2) is 41.3 Å². The minimum atomic E-state index is -4.66. The predicted octanol–water partition coefficient (Wildman–Crippen LogP) is 4.16. The van der Waals surface area contributed by atoms with Crippen LogP contribution in [-0.4, -0.2) is 20.7 Å². The van der Waals surface area contributed by atoms with Crippen LogP contribution >= 0.6 is 11.6 Å². The van der Waals surface area contributed by atoms with Gasteiger partial charge in [0.05, 0.1) is 23.4 Å². The van der Waals surface area contributed by atoms with Gasteiger partial charge in [-0.2, -0.15) is 18.3 Å². The van der Waals surface area contributed by atoms with Crippen molar-refractivity contribution in [2.75, 3.05) is 5.32 Å². The lowest BCUT2D eigenvalue weighted by Gasteiger charge is -2.10. The van der Waals surface area contributed by atoms with Gasteiger partial charge in [-0.05, 0) is 31.5 Å². The van der Waals surface area contributed by atoms with Crippen LogP contribution in [0.4, 0.5) is 18.9 Å². The van der Waals surface area contributed by atoms with Crippen LogP contribution in [0, 0.1) is 13.8 Å². The van der Waals surface area contributed by atoms with Crippen molar-refractivity contribution in [1.82, 2.24) is 14.8 Å². The molecule has 6 nitrogen and oxygen atoms in total. The highest BCUT2D eigenvalue weighted by Gasteiger charge is 2.31. The topological polar surface area (TPSA) is 79.8 Å². The zero-order valence-electron chi connectivity index (χ0n) is 15.4. The molecule has 0 radical (unpaired) electrons. The Hall–Kier alpha value is -3.07. The molecule has 0 fully saturated rings. The van der Waals surface area contributed by atoms with E-state index in [9.17, 15) is 22.8 Å². The number of nitrogens with one attached hydrogen (secondary N) is 2. The van der Waals surface area contributed by atoms with Crippen molar-refractivity contribution in [3.8, 4) is 0 Å². The van der Waals surface area contributed by atoms with Crippen LogP contribution < -0.4 is 10.9 Å². The Bertz CT molecular complexity index is 1140. The number of aryl methyl sites for hydroxylation is 1. The summed E-state index contributed by atoms with van der Waals surface area (Å²) in [6, 6.07) is 7.76. The van der Waals surface area contributed by atoms with Gasteiger partial charge in [0, 0.05) is 16.9 Å². The molecular formula is C19H16ClF3N4O2. The summed E-state index contributed by atoms with van der Waals surface area (Å²) in [5, 5.41) is 7.11. The fourth-order valence-corrected chi connectivity index (χ4v) is 3.09. The Morgan fingerprint density at radius 1 is 1.28 bits per heavy atom. The molecule has 0 bridgehead atoms. The number of rotatable bonds is 4. The third-order valence-corrected chi connectivity index (χ3v) is 4.73. The molecule has 1 amide bonds. The van der Waals surface area contributed by atoms with Crippen LogP contribution in [0.2, 0.25) is 5.02 Å². The molecule has 0 aliphatic heterocycles. The molecule has 0 spiro atoms. The molecule has 0 unspecified atom stereocenters. The average molecular weight is 425 g/mol. The normalized spacial score (nSPS) is 11.5. The number of carbonyl (C=O) groups excluding carboxylic acids is 1. The highest BCUT2D eigenvalue weighted by atomic mass is 35.5. The molecule has 0 aliphatic rings. The number of nitrogens with zero attached hydrogens (tertiary/aromatic N) is 2. The van der Waals surface area contributed by atoms with E-state index in [4.69, 9.17) is 11.6 Å². The van der Waals surface area contributed by atoms with Gasteiger partial charge in [-0.1, -0.05) is 29.8 Å². The predicted molar refractivity (Wildman–Crippen MR) is 102 cm³/mol. The van der Waals surface area contributed by atoms with E-state index in [1.807, 2.05) is 17.1 Å². The summed E-state index contributed by atoms with van der Waals surface area (Å²) < 4.78 is 40.2. The van der Waals surface area contributed by atoms with Gasteiger partial charge in [0.15, 0.2) is 0 Å². The Labute approximate surface area is 168 Å². The van der Waals surface area contributed by atoms with Crippen molar-refractivity contribution >= 4 is 23.2 Å². The molecule has 3 rings (SSSR count). The second-order valence-electron chi connectivity index (χ2n) is 6.38. The quantitative estimate of drug-likeness (QED) is 0.660. The Morgan fingerprint density at radius 3 is 2.62 bits per heavy atom. The van der Waals surface area contributed by atoms with Gasteiger partial charge in [0.1, 0.15) is 5.69 Å². The van der Waals surface area contributed by atoms with Crippen molar-refractivity contribution in [1.29, 1.82) is 0 Å². The lowest BCUT2D eigenvalue weighted by molar-refractivity contribution is -0.137. The van der Waals surface area contributed by atoms with Gasteiger partial charge < -0.3 is 10.3 Å². The first-order valence-electron chi connectivity index (χ1n) is 8.46. The first-order chi connectivity index (χ1) is 13.6. The molecule has 0 saturated heterocycles. The smallest absolute Gasteiger partial charge is 0.327 e. The van der Waals surface area contributed by atoms with E-state index in [0.29, 0.717) is 35.2 Å². The molecule has 1 aromatic carbocycles. The van der Waals surface area contributed by atoms with Crippen LogP contribution in [0.1, 0.15) is 32.9 Å². The summed E-state index contributed by atoms with van der Waals surface area (Å²) in [6.07, 6.45) is -4.11. The number of halogens is 4. The average Bonchev–Trinajstić information content (AvgIpc) is 2.91. The van der Waals surface area contributed by atoms with Crippen LogP contribution in [0.5, 0.6) is 0 Å². The zero-order chi connectivity index (χ0) is 21.3. The largest absolute Gasteiger partial charge is 0.417 e. The summed E-state index contributed by atoms with van der Waals surface area (Å²) >= 11 is 6.16. The molecule has 3 aromatic rings. The number of carbonyl (C=O) groups is 1. The molecule has 10 heteroatoms. The summed E-state index contributed by atoms with van der Waals surface area (Å²) in [5.41, 5.74) is -0.587. The highest BCUT2D eigenvalue weighted by molar-refractivity contribution is 6.31. The molecule has 2 aromatic heterocycles. The first-order valence-corrected chi connectivity index (χ1v) is 8.84. The van der Waals surface area contributed by atoms with Gasteiger partial charge in [0.25, 0.3) is 11.5 Å². The third-order valence-electron chi connectivity index (χ3n) is 4.37. The van der Waals surface area contributed by atoms with E-state index in [-0.39, 0.29) is 5.56 Å². The van der Waals surface area contributed by atoms with Gasteiger partial charge in [-0.15, -0.1) is 0 Å². The van der Waals surface area contributed by atoms with Crippen molar-refractivity contribution in [2.24, 2.45) is 0 Å².